The maximum atomic E-state index is 11.0. The van der Waals surface area contributed by atoms with Gasteiger partial charge in [-0.05, 0) is 19.3 Å². The fraction of sp³-hybridized carbons (Fsp3) is 1.00. The number of rotatable bonds is 16. The summed E-state index contributed by atoms with van der Waals surface area (Å²) in [5.74, 6) is 0. The Labute approximate surface area is 172 Å². The molecule has 0 spiro atoms. The zero-order chi connectivity index (χ0) is 17.6. The summed E-state index contributed by atoms with van der Waals surface area (Å²) in [6.45, 7) is 3.78. The monoisotopic (exact) mass is 372 g/mol. The summed E-state index contributed by atoms with van der Waals surface area (Å²) in [6, 6.07) is 0. The van der Waals surface area contributed by atoms with Crippen LogP contribution in [0.5, 0.6) is 0 Å². The molecule has 140 valence electrons. The molecule has 0 aromatic heterocycles. The number of unbranched alkanes of at least 4 members (excludes halogenated alkanes) is 12. The van der Waals surface area contributed by atoms with Gasteiger partial charge in [0.25, 0.3) is 0 Å². The van der Waals surface area contributed by atoms with E-state index in [1.165, 1.54) is 64.7 Å². The third-order valence-electron chi connectivity index (χ3n) is 4.69. The van der Waals surface area contributed by atoms with E-state index in [-0.39, 0.29) is 42.4 Å². The summed E-state index contributed by atoms with van der Waals surface area (Å²) in [6.07, 6.45) is 15.7. The second kappa shape index (κ2) is 16.1. The van der Waals surface area contributed by atoms with Gasteiger partial charge in [0.1, 0.15) is 10.1 Å². The van der Waals surface area contributed by atoms with Gasteiger partial charge in [-0.3, -0.25) is 0 Å². The zero-order valence-electron chi connectivity index (χ0n) is 16.2. The van der Waals surface area contributed by atoms with Crippen LogP contribution in [0.3, 0.4) is 0 Å². The molecule has 0 fully saturated rings. The van der Waals surface area contributed by atoms with Crippen molar-refractivity contribution in [2.24, 2.45) is 0 Å². The van der Waals surface area contributed by atoms with E-state index in [1.807, 2.05) is 0 Å². The molecule has 0 saturated heterocycles. The van der Waals surface area contributed by atoms with E-state index in [4.69, 9.17) is 0 Å². The van der Waals surface area contributed by atoms with E-state index in [1.54, 1.807) is 0 Å². The van der Waals surface area contributed by atoms with Crippen molar-refractivity contribution in [3.63, 3.8) is 0 Å². The third kappa shape index (κ3) is 13.1. The Kier molecular flexibility index (Phi) is 18.1. The molecule has 4 nitrogen and oxygen atoms in total. The van der Waals surface area contributed by atoms with Gasteiger partial charge in [0.2, 0.25) is 0 Å². The molecule has 0 bridgehead atoms. The molecule has 0 aromatic carbocycles. The van der Waals surface area contributed by atoms with Crippen LogP contribution < -0.4 is 29.6 Å². The first-order chi connectivity index (χ1) is 10.9. The van der Waals surface area contributed by atoms with E-state index in [2.05, 4.69) is 6.92 Å². The fourth-order valence-electron chi connectivity index (χ4n) is 2.90. The van der Waals surface area contributed by atoms with Gasteiger partial charge in [-0.25, -0.2) is 8.42 Å². The maximum absolute atomic E-state index is 11.0. The summed E-state index contributed by atoms with van der Waals surface area (Å²) >= 11 is 0. The van der Waals surface area contributed by atoms with Crippen LogP contribution in [0.4, 0.5) is 0 Å². The number of aliphatic hydroxyl groups is 1. The van der Waals surface area contributed by atoms with Crippen molar-refractivity contribution in [1.82, 2.24) is 0 Å². The molecule has 0 rings (SSSR count). The first-order valence-electron chi connectivity index (χ1n) is 9.55. The van der Waals surface area contributed by atoms with Gasteiger partial charge in [-0.1, -0.05) is 90.9 Å². The minimum Gasteiger partial charge on any atom is -0.746 e. The number of hydrogen-bond donors (Lipinski definition) is 1. The molecule has 0 aliphatic heterocycles. The van der Waals surface area contributed by atoms with Crippen LogP contribution in [-0.2, 0) is 10.1 Å². The molecule has 1 N–H and O–H groups in total. The van der Waals surface area contributed by atoms with Crippen molar-refractivity contribution in [1.29, 1.82) is 0 Å². The topological polar surface area (TPSA) is 77.4 Å². The average molecular weight is 373 g/mol. The van der Waals surface area contributed by atoms with Crippen LogP contribution in [0, 0.1) is 0 Å². The molecular formula is C18H37NaO4S. The molecule has 1 atom stereocenters. The van der Waals surface area contributed by atoms with Gasteiger partial charge in [0.05, 0.1) is 0 Å². The van der Waals surface area contributed by atoms with Gasteiger partial charge >= 0.3 is 29.6 Å². The maximum Gasteiger partial charge on any atom is 1.00 e. The average Bonchev–Trinajstić information content (AvgIpc) is 2.50. The second-order valence-corrected chi connectivity index (χ2v) is 8.41. The summed E-state index contributed by atoms with van der Waals surface area (Å²) in [7, 11) is -4.63. The molecule has 1 unspecified atom stereocenters. The molecule has 0 aliphatic carbocycles. The van der Waals surface area contributed by atoms with Crippen LogP contribution in [0.15, 0.2) is 0 Å². The van der Waals surface area contributed by atoms with E-state index in [0.717, 1.165) is 19.3 Å². The fourth-order valence-corrected chi connectivity index (χ4v) is 3.65. The Morgan fingerprint density at radius 1 is 0.750 bits per heavy atom. The van der Waals surface area contributed by atoms with Crippen molar-refractivity contribution >= 4 is 10.1 Å². The van der Waals surface area contributed by atoms with Crippen LogP contribution >= 0.6 is 0 Å². The molecule has 0 heterocycles. The van der Waals surface area contributed by atoms with Crippen molar-refractivity contribution < 1.29 is 47.6 Å². The van der Waals surface area contributed by atoms with Crippen molar-refractivity contribution in [2.75, 3.05) is 0 Å². The molecule has 0 saturated carbocycles. The minimum atomic E-state index is -4.63. The summed E-state index contributed by atoms with van der Waals surface area (Å²) in [5, 5.41) is 9.83. The predicted molar refractivity (Wildman–Crippen MR) is 95.3 cm³/mol. The summed E-state index contributed by atoms with van der Waals surface area (Å²) in [4.78, 5) is -2.06. The van der Waals surface area contributed by atoms with E-state index in [0.29, 0.717) is 6.42 Å². The zero-order valence-corrected chi connectivity index (χ0v) is 19.0. The van der Waals surface area contributed by atoms with Gasteiger partial charge in [0.15, 0.2) is 4.93 Å². The normalized spacial score (nSPS) is 14.2. The molecule has 0 aliphatic rings. The predicted octanol–water partition coefficient (Wildman–Crippen LogP) is 2.12. The SMILES string of the molecule is CCCCCCCCCCCCCCCC(O)(CC)S(=O)(=O)[O-].[Na+]. The third-order valence-corrected chi connectivity index (χ3v) is 6.11. The molecule has 0 amide bonds. The Morgan fingerprint density at radius 3 is 1.38 bits per heavy atom. The molecule has 0 aromatic rings. The standard InChI is InChI=1S/C18H38O4S.Na/c1-3-5-6-7-8-9-10-11-12-13-14-15-16-17-18(19,4-2)23(20,21)22;/h19H,3-17H2,1-2H3,(H,20,21,22);/q;+1/p-1. The first kappa shape index (κ1) is 27.1. The van der Waals surface area contributed by atoms with Gasteiger partial charge in [-0.15, -0.1) is 0 Å². The summed E-state index contributed by atoms with van der Waals surface area (Å²) in [5.41, 5.74) is 0. The second-order valence-electron chi connectivity index (χ2n) is 6.75. The van der Waals surface area contributed by atoms with E-state index in [9.17, 15) is 18.1 Å². The first-order valence-corrected chi connectivity index (χ1v) is 11.0. The Bertz CT molecular complexity index is 373. The van der Waals surface area contributed by atoms with Crippen LogP contribution in [0.2, 0.25) is 0 Å². The summed E-state index contributed by atoms with van der Waals surface area (Å²) < 4.78 is 33.1. The molecular weight excluding hydrogens is 335 g/mol. The Balaban J connectivity index is 0. The van der Waals surface area contributed by atoms with Gasteiger partial charge in [0, 0.05) is 0 Å². The minimum absolute atomic E-state index is 0. The van der Waals surface area contributed by atoms with Gasteiger partial charge < -0.3 is 9.66 Å². The smallest absolute Gasteiger partial charge is 0.746 e. The molecule has 24 heavy (non-hydrogen) atoms. The van der Waals surface area contributed by atoms with Crippen LogP contribution in [0.1, 0.15) is 110 Å². The Hall–Kier alpha value is 0.870. The van der Waals surface area contributed by atoms with Crippen molar-refractivity contribution in [3.8, 4) is 0 Å². The van der Waals surface area contributed by atoms with E-state index >= 15 is 0 Å². The van der Waals surface area contributed by atoms with Crippen LogP contribution in [-0.4, -0.2) is 23.0 Å². The Morgan fingerprint density at radius 2 is 1.08 bits per heavy atom. The van der Waals surface area contributed by atoms with Gasteiger partial charge in [-0.2, -0.15) is 0 Å². The quantitative estimate of drug-likeness (QED) is 0.256. The molecule has 0 radical (unpaired) electrons. The van der Waals surface area contributed by atoms with Crippen LogP contribution in [0.25, 0.3) is 0 Å². The number of hydrogen-bond acceptors (Lipinski definition) is 4. The largest absolute Gasteiger partial charge is 1.00 e. The van der Waals surface area contributed by atoms with Crippen molar-refractivity contribution in [2.45, 2.75) is 115 Å². The van der Waals surface area contributed by atoms with E-state index < -0.39 is 15.1 Å². The molecule has 6 heteroatoms. The van der Waals surface area contributed by atoms with Crippen molar-refractivity contribution in [3.05, 3.63) is 0 Å².